The molecular formula is C10H14BrN3. The van der Waals surface area contributed by atoms with E-state index >= 15 is 0 Å². The molecule has 2 rings (SSSR count). The third-order valence-corrected chi connectivity index (χ3v) is 3.14. The maximum atomic E-state index is 4.35. The molecule has 0 aliphatic heterocycles. The summed E-state index contributed by atoms with van der Waals surface area (Å²) in [4.78, 5) is 8.46. The number of halogens is 1. The van der Waals surface area contributed by atoms with Gasteiger partial charge in [0.15, 0.2) is 0 Å². The van der Waals surface area contributed by atoms with Crippen molar-refractivity contribution in [2.45, 2.75) is 32.7 Å². The number of rotatable bonds is 3. The lowest BCUT2D eigenvalue weighted by Gasteiger charge is -2.14. The Hall–Kier alpha value is -0.640. The Balaban J connectivity index is 2.10. The first-order valence-corrected chi connectivity index (χ1v) is 5.72. The molecular weight excluding hydrogens is 242 g/mol. The lowest BCUT2D eigenvalue weighted by atomic mass is 10.2. The molecule has 1 aliphatic rings. The fraction of sp³-hybridized carbons (Fsp3) is 0.600. The van der Waals surface area contributed by atoms with E-state index in [0.29, 0.717) is 6.04 Å². The van der Waals surface area contributed by atoms with E-state index in [1.807, 2.05) is 6.92 Å². The van der Waals surface area contributed by atoms with Crippen LogP contribution in [0.5, 0.6) is 0 Å². The minimum absolute atomic E-state index is 0.514. The number of aryl methyl sites for hydroxylation is 1. The summed E-state index contributed by atoms with van der Waals surface area (Å²) < 4.78 is 0.940. The normalized spacial score (nSPS) is 17.9. The summed E-state index contributed by atoms with van der Waals surface area (Å²) >= 11 is 3.44. The Bertz CT molecular complexity index is 336. The highest BCUT2D eigenvalue weighted by molar-refractivity contribution is 9.10. The minimum atomic E-state index is 0.514. The van der Waals surface area contributed by atoms with E-state index in [9.17, 15) is 0 Å². The number of aromatic nitrogens is 2. The van der Waals surface area contributed by atoms with E-state index in [1.54, 1.807) is 6.20 Å². The quantitative estimate of drug-likeness (QED) is 0.903. The van der Waals surface area contributed by atoms with Crippen LogP contribution in [0.2, 0.25) is 0 Å². The predicted octanol–water partition coefficient (Wildman–Crippen LogP) is 2.76. The average Bonchev–Trinajstić information content (AvgIpc) is 2.94. The van der Waals surface area contributed by atoms with Gasteiger partial charge in [0.2, 0.25) is 0 Å². The van der Waals surface area contributed by atoms with Gasteiger partial charge in [0, 0.05) is 12.2 Å². The van der Waals surface area contributed by atoms with Crippen molar-refractivity contribution in [1.82, 2.24) is 9.97 Å². The molecule has 1 N–H and O–H groups in total. The zero-order valence-electron chi connectivity index (χ0n) is 8.42. The van der Waals surface area contributed by atoms with Gasteiger partial charge >= 0.3 is 0 Å². The van der Waals surface area contributed by atoms with Gasteiger partial charge < -0.3 is 5.32 Å². The Labute approximate surface area is 92.5 Å². The van der Waals surface area contributed by atoms with E-state index in [-0.39, 0.29) is 0 Å². The highest BCUT2D eigenvalue weighted by atomic mass is 79.9. The van der Waals surface area contributed by atoms with Gasteiger partial charge in [0.1, 0.15) is 11.6 Å². The number of nitrogens with one attached hydrogen (secondary N) is 1. The molecule has 1 aliphatic carbocycles. The van der Waals surface area contributed by atoms with Crippen LogP contribution < -0.4 is 5.32 Å². The lowest BCUT2D eigenvalue weighted by molar-refractivity contribution is 0.689. The smallest absolute Gasteiger partial charge is 0.144 e. The number of nitrogens with zero attached hydrogens (tertiary/aromatic N) is 2. The topological polar surface area (TPSA) is 37.8 Å². The van der Waals surface area contributed by atoms with E-state index < -0.39 is 0 Å². The Morgan fingerprint density at radius 1 is 1.57 bits per heavy atom. The van der Waals surface area contributed by atoms with Crippen LogP contribution in [-0.4, -0.2) is 16.0 Å². The van der Waals surface area contributed by atoms with Crippen LogP contribution in [-0.2, 0) is 0 Å². The Kier molecular flexibility index (Phi) is 2.72. The second kappa shape index (κ2) is 3.85. The van der Waals surface area contributed by atoms with Crippen LogP contribution in [0.4, 0.5) is 5.82 Å². The molecule has 1 unspecified atom stereocenters. The van der Waals surface area contributed by atoms with Gasteiger partial charge in [0.25, 0.3) is 0 Å². The summed E-state index contributed by atoms with van der Waals surface area (Å²) in [5.41, 5.74) is 0. The molecule has 4 heteroatoms. The molecule has 0 spiro atoms. The van der Waals surface area contributed by atoms with Crippen molar-refractivity contribution in [2.75, 3.05) is 5.32 Å². The molecule has 1 aromatic rings. The molecule has 0 amide bonds. The van der Waals surface area contributed by atoms with Crippen LogP contribution in [0.25, 0.3) is 0 Å². The molecule has 1 aromatic heterocycles. The number of hydrogen-bond donors (Lipinski definition) is 1. The fourth-order valence-corrected chi connectivity index (χ4v) is 1.79. The van der Waals surface area contributed by atoms with Gasteiger partial charge in [-0.05, 0) is 48.5 Å². The van der Waals surface area contributed by atoms with Gasteiger partial charge in [0.05, 0.1) is 4.47 Å². The highest BCUT2D eigenvalue weighted by Gasteiger charge is 2.28. The summed E-state index contributed by atoms with van der Waals surface area (Å²) in [5, 5.41) is 3.41. The molecule has 1 fully saturated rings. The molecule has 0 saturated heterocycles. The zero-order chi connectivity index (χ0) is 10.1. The predicted molar refractivity (Wildman–Crippen MR) is 60.3 cm³/mol. The molecule has 76 valence electrons. The number of hydrogen-bond acceptors (Lipinski definition) is 3. The van der Waals surface area contributed by atoms with Gasteiger partial charge in [-0.3, -0.25) is 0 Å². The molecule has 3 nitrogen and oxygen atoms in total. The van der Waals surface area contributed by atoms with Crippen molar-refractivity contribution in [2.24, 2.45) is 5.92 Å². The van der Waals surface area contributed by atoms with E-state index in [2.05, 4.69) is 38.1 Å². The van der Waals surface area contributed by atoms with Crippen molar-refractivity contribution in [1.29, 1.82) is 0 Å². The first-order valence-electron chi connectivity index (χ1n) is 4.92. The summed E-state index contributed by atoms with van der Waals surface area (Å²) in [6.45, 7) is 4.11. The SMILES string of the molecule is Cc1ncc(Br)c(NC(C)C2CC2)n1. The van der Waals surface area contributed by atoms with Gasteiger partial charge in [-0.2, -0.15) is 0 Å². The molecule has 1 heterocycles. The molecule has 0 radical (unpaired) electrons. The van der Waals surface area contributed by atoms with Crippen LogP contribution in [0.1, 0.15) is 25.6 Å². The minimum Gasteiger partial charge on any atom is -0.366 e. The van der Waals surface area contributed by atoms with Crippen LogP contribution >= 0.6 is 15.9 Å². The standard InChI is InChI=1S/C10H14BrN3/c1-6(8-3-4-8)13-10-9(11)5-12-7(2)14-10/h5-6,8H,3-4H2,1-2H3,(H,12,13,14). The fourth-order valence-electron chi connectivity index (χ4n) is 1.49. The molecule has 14 heavy (non-hydrogen) atoms. The summed E-state index contributed by atoms with van der Waals surface area (Å²) in [6.07, 6.45) is 4.48. The Morgan fingerprint density at radius 2 is 2.29 bits per heavy atom. The lowest BCUT2D eigenvalue weighted by Crippen LogP contribution is -2.18. The van der Waals surface area contributed by atoms with Crippen molar-refractivity contribution in [3.63, 3.8) is 0 Å². The second-order valence-electron chi connectivity index (χ2n) is 3.88. The van der Waals surface area contributed by atoms with Crippen molar-refractivity contribution in [3.05, 3.63) is 16.5 Å². The average molecular weight is 256 g/mol. The molecule has 0 aromatic carbocycles. The summed E-state index contributed by atoms with van der Waals surface area (Å²) in [6, 6.07) is 0.514. The largest absolute Gasteiger partial charge is 0.366 e. The third-order valence-electron chi connectivity index (χ3n) is 2.56. The van der Waals surface area contributed by atoms with E-state index in [4.69, 9.17) is 0 Å². The monoisotopic (exact) mass is 255 g/mol. The van der Waals surface area contributed by atoms with E-state index in [1.165, 1.54) is 12.8 Å². The maximum Gasteiger partial charge on any atom is 0.144 e. The van der Waals surface area contributed by atoms with Crippen molar-refractivity contribution in [3.8, 4) is 0 Å². The van der Waals surface area contributed by atoms with Gasteiger partial charge in [-0.25, -0.2) is 9.97 Å². The zero-order valence-corrected chi connectivity index (χ0v) is 10.0. The molecule has 1 saturated carbocycles. The first-order chi connectivity index (χ1) is 6.66. The van der Waals surface area contributed by atoms with Crippen LogP contribution in [0.15, 0.2) is 10.7 Å². The highest BCUT2D eigenvalue weighted by Crippen LogP contribution is 2.34. The van der Waals surface area contributed by atoms with Crippen LogP contribution in [0, 0.1) is 12.8 Å². The molecule has 1 atom stereocenters. The third kappa shape index (κ3) is 2.23. The second-order valence-corrected chi connectivity index (χ2v) is 4.74. The van der Waals surface area contributed by atoms with E-state index in [0.717, 1.165) is 22.0 Å². The summed E-state index contributed by atoms with van der Waals surface area (Å²) in [7, 11) is 0. The Morgan fingerprint density at radius 3 is 2.93 bits per heavy atom. The number of anilines is 1. The first kappa shape index (κ1) is 9.90. The van der Waals surface area contributed by atoms with Crippen molar-refractivity contribution >= 4 is 21.7 Å². The maximum absolute atomic E-state index is 4.35. The molecule has 0 bridgehead atoms. The van der Waals surface area contributed by atoms with Gasteiger partial charge in [-0.15, -0.1) is 0 Å². The van der Waals surface area contributed by atoms with Crippen LogP contribution in [0.3, 0.4) is 0 Å². The summed E-state index contributed by atoms with van der Waals surface area (Å²) in [5.74, 6) is 2.55. The van der Waals surface area contributed by atoms with Crippen molar-refractivity contribution < 1.29 is 0 Å². The van der Waals surface area contributed by atoms with Gasteiger partial charge in [-0.1, -0.05) is 0 Å².